The predicted octanol–water partition coefficient (Wildman–Crippen LogP) is 4.39. The third-order valence-corrected chi connectivity index (χ3v) is 3.31. The lowest BCUT2D eigenvalue weighted by Gasteiger charge is -2.19. The summed E-state index contributed by atoms with van der Waals surface area (Å²) in [6, 6.07) is 12.3. The largest absolute Gasteiger partial charge is 0.489 e. The maximum Gasteiger partial charge on any atom is 0.125 e. The summed E-state index contributed by atoms with van der Waals surface area (Å²) in [5.74, 6) is 1.79. The zero-order valence-electron chi connectivity index (χ0n) is 13.3. The van der Waals surface area contributed by atoms with E-state index in [0.29, 0.717) is 6.61 Å². The van der Waals surface area contributed by atoms with E-state index in [0.717, 1.165) is 23.7 Å². The molecule has 3 nitrogen and oxygen atoms in total. The Morgan fingerprint density at radius 3 is 2.29 bits per heavy atom. The van der Waals surface area contributed by atoms with Crippen molar-refractivity contribution in [1.29, 1.82) is 0 Å². The molecule has 2 aromatic rings. The second-order valence-corrected chi connectivity index (χ2v) is 6.15. The van der Waals surface area contributed by atoms with E-state index in [1.807, 2.05) is 30.5 Å². The zero-order valence-corrected chi connectivity index (χ0v) is 13.3. The minimum Gasteiger partial charge on any atom is -0.489 e. The van der Waals surface area contributed by atoms with Gasteiger partial charge >= 0.3 is 0 Å². The van der Waals surface area contributed by atoms with E-state index in [4.69, 9.17) is 4.74 Å². The van der Waals surface area contributed by atoms with Crippen LogP contribution in [-0.4, -0.2) is 11.5 Å². The molecule has 0 fully saturated rings. The number of nitrogens with one attached hydrogen (secondary N) is 1. The number of rotatable bonds is 5. The van der Waals surface area contributed by atoms with Gasteiger partial charge in [-0.3, -0.25) is 0 Å². The molecule has 1 aromatic carbocycles. The second-order valence-electron chi connectivity index (χ2n) is 6.15. The van der Waals surface area contributed by atoms with Crippen LogP contribution < -0.4 is 10.1 Å². The van der Waals surface area contributed by atoms with Crippen LogP contribution in [0.2, 0.25) is 0 Å². The molecule has 2 rings (SSSR count). The molecular formula is C18H24N2O. The molecule has 0 aliphatic heterocycles. The lowest BCUT2D eigenvalue weighted by atomic mass is 9.87. The van der Waals surface area contributed by atoms with Crippen molar-refractivity contribution in [3.8, 4) is 5.75 Å². The molecule has 0 saturated heterocycles. The van der Waals surface area contributed by atoms with Gasteiger partial charge in [-0.25, -0.2) is 4.98 Å². The lowest BCUT2D eigenvalue weighted by molar-refractivity contribution is 0.305. The van der Waals surface area contributed by atoms with Gasteiger partial charge in [-0.1, -0.05) is 39.0 Å². The Morgan fingerprint density at radius 2 is 1.76 bits per heavy atom. The lowest BCUT2D eigenvalue weighted by Crippen LogP contribution is -2.10. The first-order valence-electron chi connectivity index (χ1n) is 7.41. The summed E-state index contributed by atoms with van der Waals surface area (Å²) < 4.78 is 5.80. The summed E-state index contributed by atoms with van der Waals surface area (Å²) in [7, 11) is 0. The van der Waals surface area contributed by atoms with Crippen molar-refractivity contribution in [2.24, 2.45) is 0 Å². The van der Waals surface area contributed by atoms with Gasteiger partial charge in [0.15, 0.2) is 0 Å². The summed E-state index contributed by atoms with van der Waals surface area (Å²) in [6.07, 6.45) is 1.85. The Labute approximate surface area is 127 Å². The van der Waals surface area contributed by atoms with E-state index in [1.54, 1.807) is 0 Å². The fourth-order valence-corrected chi connectivity index (χ4v) is 2.01. The standard InChI is InChI=1S/C18H24N2O/c1-5-19-17-11-6-14(12-20-17)13-21-16-9-7-15(8-10-16)18(2,3)4/h6-12H,5,13H2,1-4H3,(H,19,20). The third-order valence-electron chi connectivity index (χ3n) is 3.31. The van der Waals surface area contributed by atoms with Gasteiger partial charge in [-0.15, -0.1) is 0 Å². The van der Waals surface area contributed by atoms with Crippen molar-refractivity contribution < 1.29 is 4.74 Å². The highest BCUT2D eigenvalue weighted by atomic mass is 16.5. The van der Waals surface area contributed by atoms with Crippen LogP contribution in [0.5, 0.6) is 5.75 Å². The van der Waals surface area contributed by atoms with Crippen molar-refractivity contribution in [2.45, 2.75) is 39.7 Å². The number of hydrogen-bond acceptors (Lipinski definition) is 3. The van der Waals surface area contributed by atoms with Crippen LogP contribution in [0.1, 0.15) is 38.8 Å². The zero-order chi connectivity index (χ0) is 15.3. The monoisotopic (exact) mass is 284 g/mol. The first-order chi connectivity index (χ1) is 9.99. The van der Waals surface area contributed by atoms with E-state index < -0.39 is 0 Å². The van der Waals surface area contributed by atoms with Gasteiger partial charge in [-0.05, 0) is 36.1 Å². The summed E-state index contributed by atoms with van der Waals surface area (Å²) >= 11 is 0. The third kappa shape index (κ3) is 4.48. The molecule has 1 N–H and O–H groups in total. The Bertz CT molecular complexity index is 553. The second kappa shape index (κ2) is 6.61. The van der Waals surface area contributed by atoms with Crippen LogP contribution in [0.4, 0.5) is 5.82 Å². The van der Waals surface area contributed by atoms with Gasteiger partial charge in [-0.2, -0.15) is 0 Å². The number of nitrogens with zero attached hydrogens (tertiary/aromatic N) is 1. The normalized spacial score (nSPS) is 11.2. The van der Waals surface area contributed by atoms with Crippen molar-refractivity contribution in [3.63, 3.8) is 0 Å². The molecule has 1 heterocycles. The van der Waals surface area contributed by atoms with Gasteiger partial charge < -0.3 is 10.1 Å². The van der Waals surface area contributed by atoms with Crippen molar-refractivity contribution in [3.05, 3.63) is 53.7 Å². The summed E-state index contributed by atoms with van der Waals surface area (Å²) in [5, 5.41) is 3.18. The maximum absolute atomic E-state index is 5.80. The summed E-state index contributed by atoms with van der Waals surface area (Å²) in [4.78, 5) is 4.34. The van der Waals surface area contributed by atoms with Crippen LogP contribution in [0.3, 0.4) is 0 Å². The average molecular weight is 284 g/mol. The van der Waals surface area contributed by atoms with Gasteiger partial charge in [0.05, 0.1) is 0 Å². The molecule has 1 aromatic heterocycles. The molecule has 0 bridgehead atoms. The fraction of sp³-hybridized carbons (Fsp3) is 0.389. The van der Waals surface area contributed by atoms with E-state index >= 15 is 0 Å². The number of pyridine rings is 1. The number of benzene rings is 1. The highest BCUT2D eigenvalue weighted by Crippen LogP contribution is 2.24. The van der Waals surface area contributed by atoms with Gasteiger partial charge in [0.25, 0.3) is 0 Å². The van der Waals surface area contributed by atoms with Gasteiger partial charge in [0.1, 0.15) is 18.2 Å². The van der Waals surface area contributed by atoms with Gasteiger partial charge in [0.2, 0.25) is 0 Å². The molecule has 0 unspecified atom stereocenters. The predicted molar refractivity (Wildman–Crippen MR) is 87.9 cm³/mol. The molecule has 0 atom stereocenters. The quantitative estimate of drug-likeness (QED) is 0.884. The van der Waals surface area contributed by atoms with Crippen LogP contribution in [0.15, 0.2) is 42.6 Å². The molecule has 3 heteroatoms. The average Bonchev–Trinajstić information content (AvgIpc) is 2.46. The van der Waals surface area contributed by atoms with Crippen molar-refractivity contribution >= 4 is 5.82 Å². The molecule has 0 radical (unpaired) electrons. The Balaban J connectivity index is 1.93. The smallest absolute Gasteiger partial charge is 0.125 e. The molecule has 0 saturated carbocycles. The first-order valence-corrected chi connectivity index (χ1v) is 7.41. The molecule has 0 amide bonds. The molecule has 0 spiro atoms. The highest BCUT2D eigenvalue weighted by Gasteiger charge is 2.12. The van der Waals surface area contributed by atoms with Gasteiger partial charge in [0, 0.05) is 18.3 Å². The molecule has 112 valence electrons. The topological polar surface area (TPSA) is 34.1 Å². The number of hydrogen-bond donors (Lipinski definition) is 1. The van der Waals surface area contributed by atoms with Crippen LogP contribution in [-0.2, 0) is 12.0 Å². The first kappa shape index (κ1) is 15.4. The maximum atomic E-state index is 5.80. The van der Waals surface area contributed by atoms with Crippen LogP contribution in [0.25, 0.3) is 0 Å². The number of anilines is 1. The molecule has 0 aliphatic rings. The van der Waals surface area contributed by atoms with Crippen molar-refractivity contribution in [1.82, 2.24) is 4.98 Å². The fourth-order valence-electron chi connectivity index (χ4n) is 2.01. The minimum atomic E-state index is 0.171. The van der Waals surface area contributed by atoms with E-state index in [1.165, 1.54) is 5.56 Å². The Hall–Kier alpha value is -2.03. The van der Waals surface area contributed by atoms with Crippen molar-refractivity contribution in [2.75, 3.05) is 11.9 Å². The van der Waals surface area contributed by atoms with E-state index in [9.17, 15) is 0 Å². The SMILES string of the molecule is CCNc1ccc(COc2ccc(C(C)(C)C)cc2)cn1. The summed E-state index contributed by atoms with van der Waals surface area (Å²) in [6.45, 7) is 10.1. The molecular weight excluding hydrogens is 260 g/mol. The van der Waals surface area contributed by atoms with Crippen LogP contribution in [0, 0.1) is 0 Å². The molecule has 21 heavy (non-hydrogen) atoms. The Kier molecular flexibility index (Phi) is 4.84. The van der Waals surface area contributed by atoms with Crippen LogP contribution >= 0.6 is 0 Å². The molecule has 0 aliphatic carbocycles. The van der Waals surface area contributed by atoms with E-state index in [2.05, 4.69) is 50.1 Å². The summed E-state index contributed by atoms with van der Waals surface area (Å²) in [5.41, 5.74) is 2.55. The number of aromatic nitrogens is 1. The van der Waals surface area contributed by atoms with E-state index in [-0.39, 0.29) is 5.41 Å². The minimum absolute atomic E-state index is 0.171. The Morgan fingerprint density at radius 1 is 1.05 bits per heavy atom. The highest BCUT2D eigenvalue weighted by molar-refractivity contribution is 5.35. The number of ether oxygens (including phenoxy) is 1.